The number of likely N-dealkylation sites (N-methyl/N-ethyl adjacent to an activating group) is 1. The lowest BCUT2D eigenvalue weighted by Gasteiger charge is -2.44. The van der Waals surface area contributed by atoms with E-state index in [0.29, 0.717) is 23.8 Å². The van der Waals surface area contributed by atoms with Crippen molar-refractivity contribution in [2.24, 2.45) is 23.5 Å². The molecule has 0 spiro atoms. The zero-order chi connectivity index (χ0) is 14.8. The van der Waals surface area contributed by atoms with Crippen LogP contribution in [0.4, 0.5) is 0 Å². The van der Waals surface area contributed by atoms with Crippen LogP contribution in [0.2, 0.25) is 0 Å². The Balaban J connectivity index is 1.54. The Kier molecular flexibility index (Phi) is 4.85. The molecule has 1 saturated heterocycles. The first-order valence-corrected chi connectivity index (χ1v) is 8.77. The molecule has 3 fully saturated rings. The van der Waals surface area contributed by atoms with Crippen LogP contribution in [0.25, 0.3) is 0 Å². The first-order valence-electron chi connectivity index (χ1n) is 8.77. The number of rotatable bonds is 3. The third-order valence-electron chi connectivity index (χ3n) is 5.89. The predicted octanol–water partition coefficient (Wildman–Crippen LogP) is 2.17. The van der Waals surface area contributed by atoms with Gasteiger partial charge in [0.25, 0.3) is 0 Å². The fourth-order valence-corrected chi connectivity index (χ4v) is 4.65. The maximum atomic E-state index is 12.7. The van der Waals surface area contributed by atoms with Gasteiger partial charge >= 0.3 is 0 Å². The van der Waals surface area contributed by atoms with Gasteiger partial charge in [0.05, 0.1) is 6.10 Å². The molecule has 2 bridgehead atoms. The number of hydrogen-bond donors (Lipinski definition) is 1. The molecule has 2 N–H and O–H groups in total. The first-order chi connectivity index (χ1) is 10.1. The number of carbonyl (C=O) groups excluding carboxylic acids is 1. The maximum Gasteiger partial charge on any atom is 0.225 e. The summed E-state index contributed by atoms with van der Waals surface area (Å²) in [5.41, 5.74) is 6.33. The van der Waals surface area contributed by atoms with Crippen molar-refractivity contribution in [2.75, 3.05) is 20.2 Å². The van der Waals surface area contributed by atoms with Crippen molar-refractivity contribution < 1.29 is 9.53 Å². The minimum absolute atomic E-state index is 0.202. The molecule has 21 heavy (non-hydrogen) atoms. The molecular weight excluding hydrogens is 264 g/mol. The van der Waals surface area contributed by atoms with Crippen molar-refractivity contribution in [1.29, 1.82) is 0 Å². The van der Waals surface area contributed by atoms with Gasteiger partial charge in [0.2, 0.25) is 5.91 Å². The lowest BCUT2D eigenvalue weighted by Crippen LogP contribution is -2.50. The third kappa shape index (κ3) is 3.42. The minimum atomic E-state index is 0.202. The SMILES string of the molecule is CN(CC1CCCCO1)C(=O)C1CC2CCCC(C1)C2N. The zero-order valence-corrected chi connectivity index (χ0v) is 13.3. The summed E-state index contributed by atoms with van der Waals surface area (Å²) in [5.74, 6) is 1.68. The number of nitrogens with zero attached hydrogens (tertiary/aromatic N) is 1. The van der Waals surface area contributed by atoms with Gasteiger partial charge in [-0.1, -0.05) is 6.42 Å². The van der Waals surface area contributed by atoms with Crippen molar-refractivity contribution in [3.05, 3.63) is 0 Å². The van der Waals surface area contributed by atoms with Crippen LogP contribution < -0.4 is 5.73 Å². The van der Waals surface area contributed by atoms with Crippen LogP contribution in [0, 0.1) is 17.8 Å². The molecule has 2 saturated carbocycles. The smallest absolute Gasteiger partial charge is 0.225 e. The molecule has 3 rings (SSSR count). The van der Waals surface area contributed by atoms with E-state index < -0.39 is 0 Å². The number of nitrogens with two attached hydrogens (primary N) is 1. The molecule has 0 radical (unpaired) electrons. The Morgan fingerprint density at radius 1 is 1.14 bits per heavy atom. The van der Waals surface area contributed by atoms with Crippen LogP contribution in [0.3, 0.4) is 0 Å². The summed E-state index contributed by atoms with van der Waals surface area (Å²) in [5, 5.41) is 0. The molecule has 1 amide bonds. The summed E-state index contributed by atoms with van der Waals surface area (Å²) in [6, 6.07) is 0.342. The molecule has 4 heteroatoms. The summed E-state index contributed by atoms with van der Waals surface area (Å²) in [6.45, 7) is 1.62. The van der Waals surface area contributed by atoms with Gasteiger partial charge in [0.1, 0.15) is 0 Å². The fourth-order valence-electron chi connectivity index (χ4n) is 4.65. The van der Waals surface area contributed by atoms with Crippen LogP contribution >= 0.6 is 0 Å². The van der Waals surface area contributed by atoms with Gasteiger partial charge in [-0.2, -0.15) is 0 Å². The van der Waals surface area contributed by atoms with Gasteiger partial charge in [0, 0.05) is 32.2 Å². The van der Waals surface area contributed by atoms with Crippen molar-refractivity contribution in [1.82, 2.24) is 4.90 Å². The number of hydrogen-bond acceptors (Lipinski definition) is 3. The molecule has 3 atom stereocenters. The second kappa shape index (κ2) is 6.66. The summed E-state index contributed by atoms with van der Waals surface area (Å²) in [7, 11) is 1.95. The monoisotopic (exact) mass is 294 g/mol. The van der Waals surface area contributed by atoms with E-state index in [1.807, 2.05) is 11.9 Å². The largest absolute Gasteiger partial charge is 0.376 e. The highest BCUT2D eigenvalue weighted by Crippen LogP contribution is 2.42. The normalized spacial score (nSPS) is 39.8. The molecule has 3 aliphatic rings. The molecule has 0 aromatic heterocycles. The molecule has 3 unspecified atom stereocenters. The van der Waals surface area contributed by atoms with Gasteiger partial charge in [-0.15, -0.1) is 0 Å². The molecule has 4 nitrogen and oxygen atoms in total. The Labute approximate surface area is 128 Å². The Hall–Kier alpha value is -0.610. The van der Waals surface area contributed by atoms with Crippen molar-refractivity contribution >= 4 is 5.91 Å². The minimum Gasteiger partial charge on any atom is -0.376 e. The lowest BCUT2D eigenvalue weighted by molar-refractivity contribution is -0.139. The molecule has 0 aromatic carbocycles. The van der Waals surface area contributed by atoms with Crippen molar-refractivity contribution in [3.63, 3.8) is 0 Å². The topological polar surface area (TPSA) is 55.6 Å². The van der Waals surface area contributed by atoms with Gasteiger partial charge in [-0.3, -0.25) is 4.79 Å². The van der Waals surface area contributed by atoms with E-state index in [9.17, 15) is 4.79 Å². The van der Waals surface area contributed by atoms with E-state index >= 15 is 0 Å². The second-order valence-electron chi connectivity index (χ2n) is 7.40. The summed E-state index contributed by atoms with van der Waals surface area (Å²) >= 11 is 0. The van der Waals surface area contributed by atoms with E-state index in [2.05, 4.69) is 0 Å². The maximum absolute atomic E-state index is 12.7. The fraction of sp³-hybridized carbons (Fsp3) is 0.941. The summed E-state index contributed by atoms with van der Waals surface area (Å²) in [6.07, 6.45) is 9.49. The highest BCUT2D eigenvalue weighted by Gasteiger charge is 2.41. The number of fused-ring (bicyclic) bond motifs is 2. The lowest BCUT2D eigenvalue weighted by atomic mass is 9.65. The van der Waals surface area contributed by atoms with Crippen LogP contribution in [0.15, 0.2) is 0 Å². The standard InChI is InChI=1S/C17H30N2O2/c1-19(11-15-7-2-3-8-21-15)17(20)14-9-12-5-4-6-13(10-14)16(12)18/h12-16H,2-11,18H2,1H3. The van der Waals surface area contributed by atoms with E-state index in [-0.39, 0.29) is 12.0 Å². The Morgan fingerprint density at radius 3 is 2.48 bits per heavy atom. The van der Waals surface area contributed by atoms with Crippen LogP contribution in [0.1, 0.15) is 51.4 Å². The van der Waals surface area contributed by atoms with Crippen molar-refractivity contribution in [3.8, 4) is 0 Å². The molecule has 120 valence electrons. The molecule has 0 aromatic rings. The second-order valence-corrected chi connectivity index (χ2v) is 7.40. The van der Waals surface area contributed by atoms with Crippen LogP contribution in [-0.2, 0) is 9.53 Å². The van der Waals surface area contributed by atoms with Crippen LogP contribution in [0.5, 0.6) is 0 Å². The third-order valence-corrected chi connectivity index (χ3v) is 5.89. The number of carbonyl (C=O) groups is 1. The van der Waals surface area contributed by atoms with Crippen molar-refractivity contribution in [2.45, 2.75) is 63.5 Å². The van der Waals surface area contributed by atoms with E-state index in [1.165, 1.54) is 25.7 Å². The van der Waals surface area contributed by atoms with Gasteiger partial charge < -0.3 is 15.4 Å². The van der Waals surface area contributed by atoms with E-state index in [1.54, 1.807) is 0 Å². The van der Waals surface area contributed by atoms with Crippen LogP contribution in [-0.4, -0.2) is 43.2 Å². The van der Waals surface area contributed by atoms with Gasteiger partial charge in [-0.25, -0.2) is 0 Å². The highest BCUT2D eigenvalue weighted by atomic mass is 16.5. The van der Waals surface area contributed by atoms with E-state index in [4.69, 9.17) is 10.5 Å². The Morgan fingerprint density at radius 2 is 1.86 bits per heavy atom. The average molecular weight is 294 g/mol. The Bertz CT molecular complexity index is 354. The summed E-state index contributed by atoms with van der Waals surface area (Å²) in [4.78, 5) is 14.7. The average Bonchev–Trinajstić information content (AvgIpc) is 2.47. The highest BCUT2D eigenvalue weighted by molar-refractivity contribution is 5.78. The molecular formula is C17H30N2O2. The summed E-state index contributed by atoms with van der Waals surface area (Å²) < 4.78 is 5.76. The molecule has 1 heterocycles. The van der Waals surface area contributed by atoms with Gasteiger partial charge in [0.15, 0.2) is 0 Å². The molecule has 1 aliphatic heterocycles. The number of amides is 1. The quantitative estimate of drug-likeness (QED) is 0.868. The predicted molar refractivity (Wildman–Crippen MR) is 82.8 cm³/mol. The van der Waals surface area contributed by atoms with E-state index in [0.717, 1.165) is 38.8 Å². The molecule has 2 aliphatic carbocycles. The first kappa shape index (κ1) is 15.3. The zero-order valence-electron chi connectivity index (χ0n) is 13.3. The number of ether oxygens (including phenoxy) is 1. The van der Waals surface area contributed by atoms with Gasteiger partial charge in [-0.05, 0) is 56.8 Å².